The maximum atomic E-state index is 12.2. The first kappa shape index (κ1) is 17.4. The van der Waals surface area contributed by atoms with E-state index in [1.165, 1.54) is 12.4 Å². The topological polar surface area (TPSA) is 100 Å². The molecule has 0 saturated heterocycles. The van der Waals surface area contributed by atoms with Gasteiger partial charge in [0.25, 0.3) is 17.7 Å². The van der Waals surface area contributed by atoms with Crippen LogP contribution in [-0.2, 0) is 0 Å². The van der Waals surface area contributed by atoms with Gasteiger partial charge in [-0.15, -0.1) is 17.9 Å². The second-order valence-corrected chi connectivity index (χ2v) is 5.51. The molecule has 0 fully saturated rings. The molecule has 0 spiro atoms. The molecule has 0 aliphatic rings. The number of anilines is 1. The lowest BCUT2D eigenvalue weighted by molar-refractivity contribution is 0.0951. The highest BCUT2D eigenvalue weighted by Gasteiger charge is 2.15. The fraction of sp³-hybridized carbons (Fsp3) is 0.125. The van der Waals surface area contributed by atoms with E-state index in [1.54, 1.807) is 30.3 Å². The summed E-state index contributed by atoms with van der Waals surface area (Å²) < 4.78 is 0. The highest BCUT2D eigenvalue weighted by molar-refractivity contribution is 7.11. The van der Waals surface area contributed by atoms with Crippen molar-refractivity contribution in [3.63, 3.8) is 0 Å². The average molecular weight is 344 g/mol. The molecule has 0 atom stereocenters. The Morgan fingerprint density at radius 3 is 2.75 bits per heavy atom. The van der Waals surface area contributed by atoms with Gasteiger partial charge in [-0.3, -0.25) is 14.4 Å². The molecule has 8 heteroatoms. The number of hydrogen-bond donors (Lipinski definition) is 3. The summed E-state index contributed by atoms with van der Waals surface area (Å²) >= 11 is 1.08. The quantitative estimate of drug-likeness (QED) is 0.694. The molecule has 3 amide bonds. The third-order valence-corrected chi connectivity index (χ3v) is 3.79. The van der Waals surface area contributed by atoms with E-state index in [-0.39, 0.29) is 22.5 Å². The highest BCUT2D eigenvalue weighted by Crippen LogP contribution is 2.14. The molecule has 2 aromatic rings. The fourth-order valence-electron chi connectivity index (χ4n) is 1.80. The van der Waals surface area contributed by atoms with Crippen molar-refractivity contribution in [2.45, 2.75) is 0 Å². The molecule has 0 radical (unpaired) electrons. The Balaban J connectivity index is 2.08. The van der Waals surface area contributed by atoms with Gasteiger partial charge in [-0.05, 0) is 18.2 Å². The molecule has 124 valence electrons. The third kappa shape index (κ3) is 4.26. The zero-order chi connectivity index (χ0) is 17.5. The number of hydrogen-bond acceptors (Lipinski definition) is 5. The van der Waals surface area contributed by atoms with Gasteiger partial charge < -0.3 is 16.0 Å². The summed E-state index contributed by atoms with van der Waals surface area (Å²) in [5.41, 5.74) is 1.03. The molecule has 7 nitrogen and oxygen atoms in total. The summed E-state index contributed by atoms with van der Waals surface area (Å²) in [4.78, 5) is 39.6. The van der Waals surface area contributed by atoms with Gasteiger partial charge in [-0.25, -0.2) is 4.98 Å². The number of rotatable bonds is 6. The predicted molar refractivity (Wildman–Crippen MR) is 92.4 cm³/mol. The van der Waals surface area contributed by atoms with Crippen LogP contribution in [0.2, 0.25) is 0 Å². The minimum Gasteiger partial charge on any atom is -0.355 e. The van der Waals surface area contributed by atoms with Gasteiger partial charge >= 0.3 is 0 Å². The molecule has 0 unspecified atom stereocenters. The normalized spacial score (nSPS) is 9.88. The van der Waals surface area contributed by atoms with Crippen molar-refractivity contribution in [3.05, 3.63) is 58.6 Å². The number of benzene rings is 1. The molecular formula is C16H16N4O3S. The Labute approximate surface area is 142 Å². The first-order valence-corrected chi connectivity index (χ1v) is 7.91. The maximum absolute atomic E-state index is 12.2. The van der Waals surface area contributed by atoms with Crippen molar-refractivity contribution in [2.24, 2.45) is 0 Å². The molecule has 1 aromatic carbocycles. The number of carbonyl (C=O) groups excluding carboxylic acids is 3. The number of thiazole rings is 1. The van der Waals surface area contributed by atoms with Crippen LogP contribution >= 0.6 is 11.3 Å². The number of aromatic nitrogens is 1. The monoisotopic (exact) mass is 344 g/mol. The Morgan fingerprint density at radius 2 is 2.04 bits per heavy atom. The zero-order valence-electron chi connectivity index (χ0n) is 13.0. The van der Waals surface area contributed by atoms with E-state index in [4.69, 9.17) is 0 Å². The Morgan fingerprint density at radius 1 is 1.25 bits per heavy atom. The van der Waals surface area contributed by atoms with Crippen molar-refractivity contribution in [2.75, 3.05) is 18.9 Å². The predicted octanol–water partition coefficient (Wildman–Crippen LogP) is 1.67. The van der Waals surface area contributed by atoms with E-state index >= 15 is 0 Å². The second-order valence-electron chi connectivity index (χ2n) is 4.65. The van der Waals surface area contributed by atoms with Crippen LogP contribution in [0.1, 0.15) is 30.6 Å². The average Bonchev–Trinajstić information content (AvgIpc) is 3.09. The van der Waals surface area contributed by atoms with Crippen molar-refractivity contribution >= 4 is 34.7 Å². The van der Waals surface area contributed by atoms with Crippen molar-refractivity contribution < 1.29 is 14.4 Å². The largest absolute Gasteiger partial charge is 0.355 e. The first-order valence-electron chi connectivity index (χ1n) is 7.03. The summed E-state index contributed by atoms with van der Waals surface area (Å²) in [6, 6.07) is 6.52. The lowest BCUT2D eigenvalue weighted by atomic mass is 10.2. The maximum Gasteiger partial charge on any atom is 0.280 e. The van der Waals surface area contributed by atoms with Gasteiger partial charge in [0.1, 0.15) is 5.69 Å². The van der Waals surface area contributed by atoms with E-state index in [0.29, 0.717) is 17.8 Å². The molecular weight excluding hydrogens is 328 g/mol. The fourth-order valence-corrected chi connectivity index (χ4v) is 2.51. The van der Waals surface area contributed by atoms with E-state index in [0.717, 1.165) is 11.3 Å². The number of nitrogens with one attached hydrogen (secondary N) is 3. The number of amides is 3. The van der Waals surface area contributed by atoms with Crippen molar-refractivity contribution in [1.29, 1.82) is 0 Å². The Bertz CT molecular complexity index is 785. The molecule has 1 heterocycles. The van der Waals surface area contributed by atoms with Crippen LogP contribution in [0, 0.1) is 0 Å². The lowest BCUT2D eigenvalue weighted by Crippen LogP contribution is -2.23. The summed E-state index contributed by atoms with van der Waals surface area (Å²) in [7, 11) is 1.53. The molecule has 0 aliphatic heterocycles. The van der Waals surface area contributed by atoms with Crippen LogP contribution in [0.25, 0.3) is 0 Å². The first-order chi connectivity index (χ1) is 11.5. The molecule has 24 heavy (non-hydrogen) atoms. The molecule has 3 N–H and O–H groups in total. The molecule has 2 rings (SSSR count). The molecule has 0 saturated carbocycles. The van der Waals surface area contributed by atoms with Gasteiger partial charge in [0.2, 0.25) is 0 Å². The van der Waals surface area contributed by atoms with Crippen LogP contribution in [0.4, 0.5) is 5.69 Å². The van der Waals surface area contributed by atoms with Gasteiger partial charge in [0.05, 0.1) is 0 Å². The summed E-state index contributed by atoms with van der Waals surface area (Å²) in [6.07, 6.45) is 1.55. The smallest absolute Gasteiger partial charge is 0.280 e. The van der Waals surface area contributed by atoms with Crippen molar-refractivity contribution in [1.82, 2.24) is 15.6 Å². The van der Waals surface area contributed by atoms with Gasteiger partial charge in [0, 0.05) is 30.2 Å². The standard InChI is InChI=1S/C16H16N4O3S/c1-3-7-18-15(23)16-20-12(9-24-16)14(22)19-11-6-4-5-10(8-11)13(21)17-2/h3-6,8-9H,1,7H2,2H3,(H,17,21)(H,18,23)(H,19,22). The third-order valence-electron chi connectivity index (χ3n) is 2.95. The summed E-state index contributed by atoms with van der Waals surface area (Å²) in [5, 5.41) is 9.45. The minimum absolute atomic E-state index is 0.133. The van der Waals surface area contributed by atoms with Gasteiger partial charge in [-0.2, -0.15) is 0 Å². The molecule has 0 aliphatic carbocycles. The van der Waals surface area contributed by atoms with E-state index < -0.39 is 5.91 Å². The summed E-state index contributed by atoms with van der Waals surface area (Å²) in [6.45, 7) is 3.83. The van der Waals surface area contributed by atoms with Crippen LogP contribution in [0.15, 0.2) is 42.3 Å². The molecule has 1 aromatic heterocycles. The highest BCUT2D eigenvalue weighted by atomic mass is 32.1. The van der Waals surface area contributed by atoms with E-state index in [2.05, 4.69) is 27.5 Å². The summed E-state index contributed by atoms with van der Waals surface area (Å²) in [5.74, 6) is -1.07. The number of carbonyl (C=O) groups is 3. The van der Waals surface area contributed by atoms with Gasteiger partial charge in [-0.1, -0.05) is 12.1 Å². The van der Waals surface area contributed by atoms with Crippen LogP contribution in [-0.4, -0.2) is 36.3 Å². The van der Waals surface area contributed by atoms with Crippen molar-refractivity contribution in [3.8, 4) is 0 Å². The number of nitrogens with zero attached hydrogens (tertiary/aromatic N) is 1. The molecule has 0 bridgehead atoms. The lowest BCUT2D eigenvalue weighted by Gasteiger charge is -2.05. The minimum atomic E-state index is -0.455. The van der Waals surface area contributed by atoms with Gasteiger partial charge in [0.15, 0.2) is 5.01 Å². The Hall–Kier alpha value is -3.00. The van der Waals surface area contributed by atoms with E-state index in [9.17, 15) is 14.4 Å². The second kappa shape index (κ2) is 8.02. The van der Waals surface area contributed by atoms with Crippen LogP contribution < -0.4 is 16.0 Å². The van der Waals surface area contributed by atoms with Crippen LogP contribution in [0.5, 0.6) is 0 Å². The zero-order valence-corrected chi connectivity index (χ0v) is 13.8. The van der Waals surface area contributed by atoms with Crippen LogP contribution in [0.3, 0.4) is 0 Å². The van der Waals surface area contributed by atoms with E-state index in [1.807, 2.05) is 0 Å². The Kier molecular flexibility index (Phi) is 5.80. The SMILES string of the molecule is C=CCNC(=O)c1nc(C(=O)Nc2cccc(C(=O)NC)c2)cs1.